The van der Waals surface area contributed by atoms with Crippen molar-refractivity contribution < 1.29 is 0 Å². The van der Waals surface area contributed by atoms with Crippen LogP contribution in [0.3, 0.4) is 0 Å². The summed E-state index contributed by atoms with van der Waals surface area (Å²) in [7, 11) is 2.04. The van der Waals surface area contributed by atoms with E-state index in [1.807, 2.05) is 25.2 Å². The number of thiophene rings is 1. The monoisotopic (exact) mass is 252 g/mol. The molecule has 16 heavy (non-hydrogen) atoms. The van der Waals surface area contributed by atoms with Gasteiger partial charge in [-0.15, -0.1) is 11.6 Å². The van der Waals surface area contributed by atoms with Crippen LogP contribution in [0, 0.1) is 0 Å². The molecule has 0 amide bonds. The number of alkyl halides is 1. The molecule has 4 heteroatoms. The molecule has 0 spiro atoms. The third-order valence-corrected chi connectivity index (χ3v) is 3.33. The molecule has 2 aromatic heterocycles. The van der Waals surface area contributed by atoms with Gasteiger partial charge in [0, 0.05) is 13.6 Å². The molecule has 0 unspecified atom stereocenters. The normalized spacial score (nSPS) is 10.4. The van der Waals surface area contributed by atoms with Crippen molar-refractivity contribution in [2.45, 2.75) is 12.4 Å². The largest absolute Gasteiger partial charge is 0.355 e. The molecule has 2 nitrogen and oxygen atoms in total. The zero-order chi connectivity index (χ0) is 11.4. The van der Waals surface area contributed by atoms with Crippen molar-refractivity contribution in [3.63, 3.8) is 0 Å². The van der Waals surface area contributed by atoms with Crippen molar-refractivity contribution in [1.82, 2.24) is 4.98 Å². The Labute approximate surface area is 105 Å². The highest BCUT2D eigenvalue weighted by atomic mass is 35.5. The molecule has 0 saturated carbocycles. The Hall–Kier alpha value is -1.06. The van der Waals surface area contributed by atoms with Crippen LogP contribution in [0.25, 0.3) is 0 Å². The van der Waals surface area contributed by atoms with Gasteiger partial charge in [0.1, 0.15) is 5.82 Å². The van der Waals surface area contributed by atoms with Crippen LogP contribution in [0.5, 0.6) is 0 Å². The minimum Gasteiger partial charge on any atom is -0.355 e. The summed E-state index contributed by atoms with van der Waals surface area (Å²) in [6, 6.07) is 8.06. The third-order valence-electron chi connectivity index (χ3n) is 2.32. The average molecular weight is 253 g/mol. The van der Waals surface area contributed by atoms with E-state index in [0.717, 1.165) is 18.1 Å². The lowest BCUT2D eigenvalue weighted by Gasteiger charge is -2.17. The Morgan fingerprint density at radius 2 is 2.25 bits per heavy atom. The minimum atomic E-state index is 0.458. The quantitative estimate of drug-likeness (QED) is 0.774. The SMILES string of the molecule is CN(Cc1ccsc1)c1cccc(CCl)n1. The van der Waals surface area contributed by atoms with Gasteiger partial charge in [0.2, 0.25) is 0 Å². The lowest BCUT2D eigenvalue weighted by atomic mass is 10.3. The highest BCUT2D eigenvalue weighted by Gasteiger charge is 2.04. The molecular weight excluding hydrogens is 240 g/mol. The van der Waals surface area contributed by atoms with Crippen LogP contribution in [0.2, 0.25) is 0 Å². The first kappa shape index (κ1) is 11.4. The first-order chi connectivity index (χ1) is 7.79. The molecule has 2 rings (SSSR count). The van der Waals surface area contributed by atoms with Gasteiger partial charge in [-0.3, -0.25) is 0 Å². The van der Waals surface area contributed by atoms with Gasteiger partial charge in [0.05, 0.1) is 11.6 Å². The van der Waals surface area contributed by atoms with Gasteiger partial charge >= 0.3 is 0 Å². The van der Waals surface area contributed by atoms with Gasteiger partial charge in [0.25, 0.3) is 0 Å². The second-order valence-corrected chi connectivity index (χ2v) is 4.66. The predicted molar refractivity (Wildman–Crippen MR) is 70.2 cm³/mol. The van der Waals surface area contributed by atoms with Crippen molar-refractivity contribution in [3.8, 4) is 0 Å². The molecule has 84 valence electrons. The van der Waals surface area contributed by atoms with E-state index in [0.29, 0.717) is 5.88 Å². The Morgan fingerprint density at radius 1 is 1.38 bits per heavy atom. The van der Waals surface area contributed by atoms with Crippen molar-refractivity contribution in [1.29, 1.82) is 0 Å². The second kappa shape index (κ2) is 5.32. The summed E-state index contributed by atoms with van der Waals surface area (Å²) < 4.78 is 0. The Balaban J connectivity index is 2.11. The molecule has 0 radical (unpaired) electrons. The number of nitrogens with zero attached hydrogens (tertiary/aromatic N) is 2. The highest BCUT2D eigenvalue weighted by molar-refractivity contribution is 7.07. The molecule has 0 aliphatic carbocycles. The van der Waals surface area contributed by atoms with Crippen molar-refractivity contribution in [2.24, 2.45) is 0 Å². The molecule has 0 aliphatic rings. The van der Waals surface area contributed by atoms with E-state index < -0.39 is 0 Å². The van der Waals surface area contributed by atoms with Crippen molar-refractivity contribution >= 4 is 28.8 Å². The van der Waals surface area contributed by atoms with Crippen LogP contribution in [0.15, 0.2) is 35.0 Å². The summed E-state index contributed by atoms with van der Waals surface area (Å²) in [6.45, 7) is 0.877. The van der Waals surface area contributed by atoms with E-state index in [1.165, 1.54) is 5.56 Å². The molecule has 0 aliphatic heterocycles. The summed E-state index contributed by atoms with van der Waals surface area (Å²) in [6.07, 6.45) is 0. The Kier molecular flexibility index (Phi) is 3.80. The molecule has 0 aromatic carbocycles. The van der Waals surface area contributed by atoms with Crippen LogP contribution in [-0.4, -0.2) is 12.0 Å². The number of anilines is 1. The molecule has 0 bridgehead atoms. The second-order valence-electron chi connectivity index (χ2n) is 3.61. The topological polar surface area (TPSA) is 16.1 Å². The number of hydrogen-bond donors (Lipinski definition) is 0. The molecule has 2 aromatic rings. The highest BCUT2D eigenvalue weighted by Crippen LogP contribution is 2.15. The maximum absolute atomic E-state index is 5.77. The summed E-state index contributed by atoms with van der Waals surface area (Å²) >= 11 is 7.48. The van der Waals surface area contributed by atoms with Gasteiger partial charge in [0.15, 0.2) is 0 Å². The van der Waals surface area contributed by atoms with E-state index in [4.69, 9.17) is 11.6 Å². The minimum absolute atomic E-state index is 0.458. The molecule has 2 heterocycles. The summed E-state index contributed by atoms with van der Waals surface area (Å²) in [5, 5.41) is 4.24. The van der Waals surface area contributed by atoms with E-state index in [-0.39, 0.29) is 0 Å². The van der Waals surface area contributed by atoms with Crippen molar-refractivity contribution in [3.05, 3.63) is 46.3 Å². The van der Waals surface area contributed by atoms with E-state index >= 15 is 0 Å². The number of pyridine rings is 1. The predicted octanol–water partition coefficient (Wildman–Crippen LogP) is 3.52. The molecule has 0 N–H and O–H groups in total. The fourth-order valence-electron chi connectivity index (χ4n) is 1.49. The van der Waals surface area contributed by atoms with Crippen LogP contribution >= 0.6 is 22.9 Å². The van der Waals surface area contributed by atoms with Gasteiger partial charge in [-0.1, -0.05) is 6.07 Å². The van der Waals surface area contributed by atoms with Crippen LogP contribution in [-0.2, 0) is 12.4 Å². The zero-order valence-corrected chi connectivity index (χ0v) is 10.6. The Morgan fingerprint density at radius 3 is 2.94 bits per heavy atom. The standard InChI is InChI=1S/C12H13ClN2S/c1-15(8-10-5-6-16-9-10)12-4-2-3-11(7-13)14-12/h2-6,9H,7-8H2,1H3. The van der Waals surface area contributed by atoms with Crippen LogP contribution in [0.1, 0.15) is 11.3 Å². The van der Waals surface area contributed by atoms with Gasteiger partial charge in [-0.05, 0) is 34.5 Å². The lowest BCUT2D eigenvalue weighted by Crippen LogP contribution is -2.17. The number of rotatable bonds is 4. The Bertz CT molecular complexity index is 442. The molecule has 0 atom stereocenters. The van der Waals surface area contributed by atoms with E-state index in [2.05, 4.69) is 26.7 Å². The number of aromatic nitrogens is 1. The first-order valence-corrected chi connectivity index (χ1v) is 6.51. The third kappa shape index (κ3) is 2.74. The maximum Gasteiger partial charge on any atom is 0.128 e. The van der Waals surface area contributed by atoms with Crippen molar-refractivity contribution in [2.75, 3.05) is 11.9 Å². The summed E-state index contributed by atoms with van der Waals surface area (Å²) in [5.41, 5.74) is 2.22. The summed E-state index contributed by atoms with van der Waals surface area (Å²) in [5.74, 6) is 1.42. The fourth-order valence-corrected chi connectivity index (χ4v) is 2.30. The molecule has 0 saturated heterocycles. The summed E-state index contributed by atoms with van der Waals surface area (Å²) in [4.78, 5) is 6.59. The smallest absolute Gasteiger partial charge is 0.128 e. The van der Waals surface area contributed by atoms with Gasteiger partial charge in [-0.2, -0.15) is 11.3 Å². The van der Waals surface area contributed by atoms with Gasteiger partial charge in [-0.25, -0.2) is 4.98 Å². The first-order valence-electron chi connectivity index (χ1n) is 5.03. The van der Waals surface area contributed by atoms with Crippen LogP contribution in [0.4, 0.5) is 5.82 Å². The zero-order valence-electron chi connectivity index (χ0n) is 9.06. The fraction of sp³-hybridized carbons (Fsp3) is 0.250. The maximum atomic E-state index is 5.77. The molecular formula is C12H13ClN2S. The number of halogens is 1. The van der Waals surface area contributed by atoms with Gasteiger partial charge < -0.3 is 4.90 Å². The molecule has 0 fully saturated rings. The average Bonchev–Trinajstić information content (AvgIpc) is 2.82. The van der Waals surface area contributed by atoms with E-state index in [9.17, 15) is 0 Å². The lowest BCUT2D eigenvalue weighted by molar-refractivity contribution is 0.894. The van der Waals surface area contributed by atoms with E-state index in [1.54, 1.807) is 11.3 Å². The number of hydrogen-bond acceptors (Lipinski definition) is 3. The van der Waals surface area contributed by atoms with Crippen LogP contribution < -0.4 is 4.90 Å².